The quantitative estimate of drug-likeness (QED) is 0.851. The standard InChI is InChI=1S/C16H20ClN3O/c1-19(9-13-6-7-21-12-13)10-14-8-18-20(11-14)16-4-2-15(17)3-5-16/h2-5,8,11,13H,6-7,9-10,12H2,1H3/t13-/m1/s1. The second-order valence-electron chi connectivity index (χ2n) is 5.70. The van der Waals surface area contributed by atoms with E-state index in [1.807, 2.05) is 35.1 Å². The van der Waals surface area contributed by atoms with Gasteiger partial charge in [-0.1, -0.05) is 11.6 Å². The molecule has 0 unspecified atom stereocenters. The summed E-state index contributed by atoms with van der Waals surface area (Å²) in [6.07, 6.45) is 5.18. The van der Waals surface area contributed by atoms with Gasteiger partial charge in [-0.05, 0) is 43.7 Å². The molecule has 4 nitrogen and oxygen atoms in total. The molecule has 3 rings (SSSR count). The van der Waals surface area contributed by atoms with E-state index in [1.54, 1.807) is 0 Å². The van der Waals surface area contributed by atoms with Gasteiger partial charge in [0.1, 0.15) is 0 Å². The van der Waals surface area contributed by atoms with Crippen LogP contribution in [0.3, 0.4) is 0 Å². The van der Waals surface area contributed by atoms with Crippen molar-refractivity contribution in [2.75, 3.05) is 26.8 Å². The van der Waals surface area contributed by atoms with Crippen molar-refractivity contribution in [2.24, 2.45) is 5.92 Å². The molecule has 5 heteroatoms. The van der Waals surface area contributed by atoms with Crippen molar-refractivity contribution in [3.05, 3.63) is 47.2 Å². The van der Waals surface area contributed by atoms with Crippen LogP contribution in [-0.2, 0) is 11.3 Å². The Morgan fingerprint density at radius 1 is 1.38 bits per heavy atom. The SMILES string of the molecule is CN(Cc1cnn(-c2ccc(Cl)cc2)c1)C[C@H]1CCOC1. The summed E-state index contributed by atoms with van der Waals surface area (Å²) in [6, 6.07) is 7.70. The van der Waals surface area contributed by atoms with Crippen molar-refractivity contribution in [3.8, 4) is 5.69 Å². The topological polar surface area (TPSA) is 30.3 Å². The van der Waals surface area contributed by atoms with Crippen molar-refractivity contribution in [2.45, 2.75) is 13.0 Å². The van der Waals surface area contributed by atoms with Crippen molar-refractivity contribution in [1.82, 2.24) is 14.7 Å². The number of hydrogen-bond donors (Lipinski definition) is 0. The van der Waals surface area contributed by atoms with Crippen LogP contribution >= 0.6 is 11.6 Å². The Labute approximate surface area is 130 Å². The number of rotatable bonds is 5. The summed E-state index contributed by atoms with van der Waals surface area (Å²) >= 11 is 5.91. The van der Waals surface area contributed by atoms with Gasteiger partial charge in [0.15, 0.2) is 0 Å². The van der Waals surface area contributed by atoms with E-state index >= 15 is 0 Å². The molecule has 2 heterocycles. The summed E-state index contributed by atoms with van der Waals surface area (Å²) in [5, 5.41) is 5.16. The van der Waals surface area contributed by atoms with Crippen molar-refractivity contribution >= 4 is 11.6 Å². The molecule has 1 aliphatic rings. The van der Waals surface area contributed by atoms with Crippen LogP contribution < -0.4 is 0 Å². The van der Waals surface area contributed by atoms with E-state index in [9.17, 15) is 0 Å². The van der Waals surface area contributed by atoms with E-state index in [2.05, 4.69) is 23.2 Å². The average Bonchev–Trinajstić information content (AvgIpc) is 3.11. The predicted octanol–water partition coefficient (Wildman–Crippen LogP) is 2.99. The van der Waals surface area contributed by atoms with Gasteiger partial charge in [0.2, 0.25) is 0 Å². The summed E-state index contributed by atoms with van der Waals surface area (Å²) in [4.78, 5) is 2.34. The van der Waals surface area contributed by atoms with Crippen molar-refractivity contribution in [1.29, 1.82) is 0 Å². The first-order valence-electron chi connectivity index (χ1n) is 7.26. The Kier molecular flexibility index (Phi) is 4.58. The van der Waals surface area contributed by atoms with Gasteiger partial charge in [0.05, 0.1) is 18.5 Å². The molecule has 1 atom stereocenters. The smallest absolute Gasteiger partial charge is 0.0646 e. The summed E-state index contributed by atoms with van der Waals surface area (Å²) in [6.45, 7) is 3.79. The van der Waals surface area contributed by atoms with Gasteiger partial charge in [-0.3, -0.25) is 0 Å². The lowest BCUT2D eigenvalue weighted by atomic mass is 10.1. The highest BCUT2D eigenvalue weighted by molar-refractivity contribution is 6.30. The van der Waals surface area contributed by atoms with Crippen molar-refractivity contribution in [3.63, 3.8) is 0 Å². The third kappa shape index (κ3) is 3.84. The molecule has 0 spiro atoms. The molecule has 1 fully saturated rings. The van der Waals surface area contributed by atoms with E-state index in [0.29, 0.717) is 5.92 Å². The minimum absolute atomic E-state index is 0.668. The Balaban J connectivity index is 1.60. The number of ether oxygens (including phenoxy) is 1. The molecule has 0 aliphatic carbocycles. The lowest BCUT2D eigenvalue weighted by molar-refractivity contribution is 0.173. The maximum atomic E-state index is 5.91. The molecule has 0 radical (unpaired) electrons. The fourth-order valence-corrected chi connectivity index (χ4v) is 2.85. The van der Waals surface area contributed by atoms with Crippen LogP contribution in [0.15, 0.2) is 36.7 Å². The van der Waals surface area contributed by atoms with Gasteiger partial charge in [-0.2, -0.15) is 5.10 Å². The van der Waals surface area contributed by atoms with Gasteiger partial charge < -0.3 is 9.64 Å². The summed E-state index contributed by atoms with van der Waals surface area (Å²) in [5.41, 5.74) is 2.24. The zero-order valence-electron chi connectivity index (χ0n) is 12.2. The number of hydrogen-bond acceptors (Lipinski definition) is 3. The van der Waals surface area contributed by atoms with E-state index in [-0.39, 0.29) is 0 Å². The first kappa shape index (κ1) is 14.6. The van der Waals surface area contributed by atoms with Crippen LogP contribution in [0.2, 0.25) is 5.02 Å². The number of halogens is 1. The Bertz CT molecular complexity index is 575. The fraction of sp³-hybridized carbons (Fsp3) is 0.438. The molecule has 112 valence electrons. The second-order valence-corrected chi connectivity index (χ2v) is 6.13. The maximum absolute atomic E-state index is 5.91. The normalized spacial score (nSPS) is 18.5. The second kappa shape index (κ2) is 6.60. The third-order valence-corrected chi connectivity index (χ3v) is 4.03. The van der Waals surface area contributed by atoms with Gasteiger partial charge >= 0.3 is 0 Å². The zero-order valence-corrected chi connectivity index (χ0v) is 13.0. The fourth-order valence-electron chi connectivity index (χ4n) is 2.72. The van der Waals surface area contributed by atoms with E-state index in [1.165, 1.54) is 12.0 Å². The zero-order chi connectivity index (χ0) is 14.7. The molecule has 1 saturated heterocycles. The van der Waals surface area contributed by atoms with Crippen LogP contribution in [0.25, 0.3) is 5.69 Å². The first-order chi connectivity index (χ1) is 10.2. The molecule has 1 aromatic carbocycles. The van der Waals surface area contributed by atoms with Gasteiger partial charge in [0.25, 0.3) is 0 Å². The number of nitrogens with zero attached hydrogens (tertiary/aromatic N) is 3. The van der Waals surface area contributed by atoms with Crippen LogP contribution in [0.5, 0.6) is 0 Å². The molecule has 0 bridgehead atoms. The molecule has 1 aliphatic heterocycles. The largest absolute Gasteiger partial charge is 0.381 e. The van der Waals surface area contributed by atoms with E-state index in [0.717, 1.165) is 37.0 Å². The average molecular weight is 306 g/mol. The molecule has 21 heavy (non-hydrogen) atoms. The van der Waals surface area contributed by atoms with Gasteiger partial charge in [0, 0.05) is 36.5 Å². The highest BCUT2D eigenvalue weighted by Gasteiger charge is 2.17. The Hall–Kier alpha value is -1.36. The minimum Gasteiger partial charge on any atom is -0.381 e. The minimum atomic E-state index is 0.668. The third-order valence-electron chi connectivity index (χ3n) is 3.77. The molecule has 0 amide bonds. The van der Waals surface area contributed by atoms with E-state index < -0.39 is 0 Å². The number of aromatic nitrogens is 2. The van der Waals surface area contributed by atoms with Crippen LogP contribution in [0.4, 0.5) is 0 Å². The summed E-state index contributed by atoms with van der Waals surface area (Å²) in [5.74, 6) is 0.668. The van der Waals surface area contributed by atoms with Crippen LogP contribution in [0, 0.1) is 5.92 Å². The molecular weight excluding hydrogens is 286 g/mol. The molecule has 1 aromatic heterocycles. The molecule has 0 N–H and O–H groups in total. The highest BCUT2D eigenvalue weighted by atomic mass is 35.5. The van der Waals surface area contributed by atoms with E-state index in [4.69, 9.17) is 16.3 Å². The lowest BCUT2D eigenvalue weighted by Gasteiger charge is -2.18. The lowest BCUT2D eigenvalue weighted by Crippen LogP contribution is -2.25. The number of benzene rings is 1. The molecule has 0 saturated carbocycles. The molecule has 2 aromatic rings. The first-order valence-corrected chi connectivity index (χ1v) is 7.64. The Morgan fingerprint density at radius 3 is 2.90 bits per heavy atom. The van der Waals surface area contributed by atoms with Crippen LogP contribution in [0.1, 0.15) is 12.0 Å². The van der Waals surface area contributed by atoms with Crippen LogP contribution in [-0.4, -0.2) is 41.5 Å². The van der Waals surface area contributed by atoms with Gasteiger partial charge in [-0.15, -0.1) is 0 Å². The predicted molar refractivity (Wildman–Crippen MR) is 83.8 cm³/mol. The highest BCUT2D eigenvalue weighted by Crippen LogP contribution is 2.16. The summed E-state index contributed by atoms with van der Waals surface area (Å²) in [7, 11) is 2.15. The summed E-state index contributed by atoms with van der Waals surface area (Å²) < 4.78 is 7.31. The Morgan fingerprint density at radius 2 is 2.19 bits per heavy atom. The van der Waals surface area contributed by atoms with Gasteiger partial charge in [-0.25, -0.2) is 4.68 Å². The molecular formula is C16H20ClN3O. The monoisotopic (exact) mass is 305 g/mol. The van der Waals surface area contributed by atoms with Crippen molar-refractivity contribution < 1.29 is 4.74 Å². The maximum Gasteiger partial charge on any atom is 0.0646 e.